The number of fused-ring (bicyclic) bond motifs is 1. The Hall–Kier alpha value is -4.56. The van der Waals surface area contributed by atoms with Gasteiger partial charge in [0, 0.05) is 24.0 Å². The molecule has 0 aliphatic carbocycles. The second-order valence-electron chi connectivity index (χ2n) is 8.09. The minimum Gasteiger partial charge on any atom is -0.341 e. The third-order valence-electron chi connectivity index (χ3n) is 5.73. The van der Waals surface area contributed by atoms with Gasteiger partial charge < -0.3 is 5.32 Å². The number of anilines is 1. The largest absolute Gasteiger partial charge is 0.341 e. The van der Waals surface area contributed by atoms with Gasteiger partial charge in [0.25, 0.3) is 15.9 Å². The summed E-state index contributed by atoms with van der Waals surface area (Å²) >= 11 is 0. The zero-order chi connectivity index (χ0) is 25.0. The maximum Gasteiger partial charge on any atom is 0.264 e. The molecule has 0 aliphatic heterocycles. The van der Waals surface area contributed by atoms with Crippen molar-refractivity contribution >= 4 is 32.5 Å². The van der Waals surface area contributed by atoms with Gasteiger partial charge in [-0.1, -0.05) is 66.7 Å². The number of hydrogen-bond donors (Lipinski definition) is 2. The summed E-state index contributed by atoms with van der Waals surface area (Å²) in [6, 6.07) is 27.7. The number of amides is 1. The van der Waals surface area contributed by atoms with E-state index < -0.39 is 22.0 Å². The Kier molecular flexibility index (Phi) is 6.42. The Bertz CT molecular complexity index is 1580. The lowest BCUT2D eigenvalue weighted by Crippen LogP contribution is -2.30. The van der Waals surface area contributed by atoms with Crippen LogP contribution in [0.2, 0.25) is 0 Å². The Balaban J connectivity index is 1.48. The van der Waals surface area contributed by atoms with E-state index in [4.69, 9.17) is 0 Å². The summed E-state index contributed by atoms with van der Waals surface area (Å²) in [6.07, 6.45) is 4.91. The molecule has 0 aliphatic rings. The number of rotatable bonds is 7. The van der Waals surface area contributed by atoms with E-state index in [9.17, 15) is 13.2 Å². The third-order valence-corrected chi connectivity index (χ3v) is 7.12. The molecule has 0 bridgehead atoms. The molecule has 2 N–H and O–H groups in total. The SMILES string of the molecule is O=C(NC(c1ccccc1)c1cccnc1)c1ccccc1NS(=O)(=O)c1cccc2cccnc12. The Morgan fingerprint density at radius 1 is 0.750 bits per heavy atom. The number of nitrogens with zero attached hydrogens (tertiary/aromatic N) is 2. The van der Waals surface area contributed by atoms with E-state index in [0.29, 0.717) is 10.9 Å². The molecule has 0 radical (unpaired) electrons. The smallest absolute Gasteiger partial charge is 0.264 e. The first-order valence-corrected chi connectivity index (χ1v) is 12.7. The average Bonchev–Trinajstić information content (AvgIpc) is 2.92. The van der Waals surface area contributed by atoms with E-state index in [0.717, 1.165) is 11.1 Å². The van der Waals surface area contributed by atoms with Gasteiger partial charge in [-0.25, -0.2) is 8.42 Å². The molecule has 7 nitrogen and oxygen atoms in total. The number of benzene rings is 3. The number of sulfonamides is 1. The van der Waals surface area contributed by atoms with Gasteiger partial charge in [0.05, 0.1) is 22.8 Å². The average molecular weight is 495 g/mol. The van der Waals surface area contributed by atoms with Crippen LogP contribution >= 0.6 is 0 Å². The van der Waals surface area contributed by atoms with Gasteiger partial charge in [0.15, 0.2) is 0 Å². The lowest BCUT2D eigenvalue weighted by atomic mass is 9.99. The summed E-state index contributed by atoms with van der Waals surface area (Å²) < 4.78 is 29.3. The number of para-hydroxylation sites is 2. The standard InChI is InChI=1S/C28H22N4O3S/c33-28(31-26(20-9-2-1-3-10-20)22-13-7-17-29-19-22)23-14-4-5-15-24(23)32-36(34,35)25-16-6-11-21-12-8-18-30-27(21)25/h1-19,26,32H,(H,31,33). The first kappa shape index (κ1) is 23.2. The van der Waals surface area contributed by atoms with Gasteiger partial charge in [-0.05, 0) is 41.5 Å². The zero-order valence-electron chi connectivity index (χ0n) is 19.1. The van der Waals surface area contributed by atoms with Gasteiger partial charge in [0.1, 0.15) is 4.90 Å². The second kappa shape index (κ2) is 9.97. The summed E-state index contributed by atoms with van der Waals surface area (Å²) in [5.41, 5.74) is 2.39. The molecule has 1 atom stereocenters. The number of carbonyl (C=O) groups excluding carboxylic acids is 1. The van der Waals surface area contributed by atoms with Crippen molar-refractivity contribution in [2.24, 2.45) is 0 Å². The van der Waals surface area contributed by atoms with E-state index in [-0.39, 0.29) is 16.1 Å². The molecule has 2 heterocycles. The van der Waals surface area contributed by atoms with Crippen LogP contribution in [-0.2, 0) is 10.0 Å². The Morgan fingerprint density at radius 3 is 2.28 bits per heavy atom. The van der Waals surface area contributed by atoms with Crippen molar-refractivity contribution < 1.29 is 13.2 Å². The molecule has 8 heteroatoms. The number of carbonyl (C=O) groups is 1. The fraction of sp³-hybridized carbons (Fsp3) is 0.0357. The van der Waals surface area contributed by atoms with Crippen LogP contribution in [0.3, 0.4) is 0 Å². The van der Waals surface area contributed by atoms with E-state index in [2.05, 4.69) is 20.0 Å². The topological polar surface area (TPSA) is 101 Å². The number of pyridine rings is 2. The molecule has 0 spiro atoms. The summed E-state index contributed by atoms with van der Waals surface area (Å²) in [5, 5.41) is 3.74. The minimum absolute atomic E-state index is 0.0355. The van der Waals surface area contributed by atoms with Crippen LogP contribution in [-0.4, -0.2) is 24.3 Å². The molecule has 1 unspecified atom stereocenters. The molecule has 36 heavy (non-hydrogen) atoms. The van der Waals surface area contributed by atoms with Gasteiger partial charge in [-0.15, -0.1) is 0 Å². The highest BCUT2D eigenvalue weighted by Crippen LogP contribution is 2.27. The molecular weight excluding hydrogens is 472 g/mol. The molecule has 2 aromatic heterocycles. The maximum atomic E-state index is 13.5. The fourth-order valence-corrected chi connectivity index (χ4v) is 5.28. The predicted molar refractivity (Wildman–Crippen MR) is 139 cm³/mol. The van der Waals surface area contributed by atoms with Crippen LogP contribution in [0.25, 0.3) is 10.9 Å². The van der Waals surface area contributed by atoms with Crippen LogP contribution in [0.4, 0.5) is 5.69 Å². The van der Waals surface area contributed by atoms with Crippen molar-refractivity contribution in [1.29, 1.82) is 0 Å². The van der Waals surface area contributed by atoms with Crippen LogP contribution in [0.15, 0.2) is 121 Å². The Labute approximate surface area is 208 Å². The van der Waals surface area contributed by atoms with Gasteiger partial charge in [-0.3, -0.25) is 19.5 Å². The molecule has 178 valence electrons. The minimum atomic E-state index is -4.03. The quantitative estimate of drug-likeness (QED) is 0.333. The normalized spacial score (nSPS) is 12.1. The van der Waals surface area contributed by atoms with Crippen LogP contribution < -0.4 is 10.0 Å². The molecule has 3 aromatic carbocycles. The van der Waals surface area contributed by atoms with Crippen molar-refractivity contribution in [2.75, 3.05) is 4.72 Å². The van der Waals surface area contributed by atoms with Crippen molar-refractivity contribution in [3.05, 3.63) is 132 Å². The van der Waals surface area contributed by atoms with Crippen LogP contribution in [0, 0.1) is 0 Å². The van der Waals surface area contributed by atoms with Gasteiger partial charge in [0.2, 0.25) is 0 Å². The molecule has 0 saturated heterocycles. The highest BCUT2D eigenvalue weighted by Gasteiger charge is 2.23. The first-order chi connectivity index (χ1) is 17.5. The molecule has 0 saturated carbocycles. The summed E-state index contributed by atoms with van der Waals surface area (Å²) in [6.45, 7) is 0. The van der Waals surface area contributed by atoms with Crippen LogP contribution in [0.5, 0.6) is 0 Å². The maximum absolute atomic E-state index is 13.5. The van der Waals surface area contributed by atoms with E-state index >= 15 is 0 Å². The molecule has 5 aromatic rings. The highest BCUT2D eigenvalue weighted by molar-refractivity contribution is 7.93. The van der Waals surface area contributed by atoms with Crippen molar-refractivity contribution in [1.82, 2.24) is 15.3 Å². The second-order valence-corrected chi connectivity index (χ2v) is 9.74. The van der Waals surface area contributed by atoms with Crippen molar-refractivity contribution in [3.63, 3.8) is 0 Å². The predicted octanol–water partition coefficient (Wildman–Crippen LogP) is 4.95. The fourth-order valence-electron chi connectivity index (χ4n) is 4.02. The number of hydrogen-bond acceptors (Lipinski definition) is 5. The molecular formula is C28H22N4O3S. The van der Waals surface area contributed by atoms with Gasteiger partial charge in [-0.2, -0.15) is 0 Å². The Morgan fingerprint density at radius 2 is 1.47 bits per heavy atom. The monoisotopic (exact) mass is 494 g/mol. The van der Waals surface area contributed by atoms with E-state index in [1.54, 1.807) is 73.2 Å². The van der Waals surface area contributed by atoms with Crippen LogP contribution in [0.1, 0.15) is 27.5 Å². The summed E-state index contributed by atoms with van der Waals surface area (Å²) in [4.78, 5) is 21.9. The first-order valence-electron chi connectivity index (χ1n) is 11.2. The lowest BCUT2D eigenvalue weighted by molar-refractivity contribution is 0.0944. The summed E-state index contributed by atoms with van der Waals surface area (Å²) in [7, 11) is -4.03. The lowest BCUT2D eigenvalue weighted by Gasteiger charge is -2.21. The number of nitrogens with one attached hydrogen (secondary N) is 2. The zero-order valence-corrected chi connectivity index (χ0v) is 19.9. The molecule has 1 amide bonds. The highest BCUT2D eigenvalue weighted by atomic mass is 32.2. The van der Waals surface area contributed by atoms with E-state index in [1.165, 1.54) is 6.07 Å². The number of aromatic nitrogens is 2. The van der Waals surface area contributed by atoms with E-state index in [1.807, 2.05) is 36.4 Å². The molecule has 5 rings (SSSR count). The van der Waals surface area contributed by atoms with Crippen molar-refractivity contribution in [2.45, 2.75) is 10.9 Å². The van der Waals surface area contributed by atoms with Gasteiger partial charge >= 0.3 is 0 Å². The summed E-state index contributed by atoms with van der Waals surface area (Å²) in [5.74, 6) is -0.429. The third kappa shape index (κ3) is 4.80. The van der Waals surface area contributed by atoms with Crippen molar-refractivity contribution in [3.8, 4) is 0 Å². The molecule has 0 fully saturated rings.